The van der Waals surface area contributed by atoms with E-state index in [-0.39, 0.29) is 0 Å². The van der Waals surface area contributed by atoms with Crippen LogP contribution in [0, 0.1) is 20.8 Å². The Hall–Kier alpha value is -1.19. The second kappa shape index (κ2) is 4.36. The van der Waals surface area contributed by atoms with Crippen LogP contribution in [0.5, 0.6) is 0 Å². The summed E-state index contributed by atoms with van der Waals surface area (Å²) in [4.78, 5) is 0.903. The van der Waals surface area contributed by atoms with Gasteiger partial charge < -0.3 is 5.11 Å². The van der Waals surface area contributed by atoms with E-state index in [0.29, 0.717) is 0 Å². The fraction of sp³-hybridized carbons (Fsp3) is 0.308. The molecule has 2 rings (SSSR count). The molecule has 16 heavy (non-hydrogen) atoms. The maximum absolute atomic E-state index is 10.2. The van der Waals surface area contributed by atoms with Crippen molar-refractivity contribution in [3.8, 4) is 0 Å². The molecule has 0 aliphatic heterocycles. The van der Waals surface area contributed by atoms with Crippen molar-refractivity contribution < 1.29 is 5.11 Å². The molecule has 0 bridgehead atoms. The van der Waals surface area contributed by atoms with Crippen LogP contribution in [0.25, 0.3) is 0 Å². The van der Waals surface area contributed by atoms with Gasteiger partial charge >= 0.3 is 0 Å². The minimum absolute atomic E-state index is 0.550. The van der Waals surface area contributed by atoms with Gasteiger partial charge in [-0.2, -0.15) is 4.37 Å². The van der Waals surface area contributed by atoms with Crippen molar-refractivity contribution in [1.82, 2.24) is 4.37 Å². The number of hydrogen-bond acceptors (Lipinski definition) is 3. The lowest BCUT2D eigenvalue weighted by Gasteiger charge is -2.10. The molecule has 0 saturated carbocycles. The molecule has 84 valence electrons. The van der Waals surface area contributed by atoms with Crippen LogP contribution in [-0.4, -0.2) is 9.48 Å². The molecule has 2 nitrogen and oxygen atoms in total. The molecule has 1 N–H and O–H groups in total. The Morgan fingerprint density at radius 2 is 1.88 bits per heavy atom. The predicted octanol–water partition coefficient (Wildman–Crippen LogP) is 3.15. The maximum atomic E-state index is 10.2. The minimum atomic E-state index is -0.550. The summed E-state index contributed by atoms with van der Waals surface area (Å²) >= 11 is 1.36. The van der Waals surface area contributed by atoms with Gasteiger partial charge in [-0.15, -0.1) is 0 Å². The summed E-state index contributed by atoms with van der Waals surface area (Å²) in [5.41, 5.74) is 4.35. The van der Waals surface area contributed by atoms with Crippen LogP contribution >= 0.6 is 11.5 Å². The van der Waals surface area contributed by atoms with Crippen LogP contribution < -0.4 is 0 Å². The Morgan fingerprint density at radius 1 is 1.12 bits per heavy atom. The third-order valence-electron chi connectivity index (χ3n) is 2.76. The highest BCUT2D eigenvalue weighted by molar-refractivity contribution is 7.05. The molecule has 1 heterocycles. The monoisotopic (exact) mass is 233 g/mol. The lowest BCUT2D eigenvalue weighted by atomic mass is 10.0. The Labute approximate surface area is 99.7 Å². The SMILES string of the molecule is Cc1cc([C@H](O)c2ccc(C)c(C)c2)sn1. The van der Waals surface area contributed by atoms with Crippen LogP contribution in [0.3, 0.4) is 0 Å². The highest BCUT2D eigenvalue weighted by atomic mass is 32.1. The van der Waals surface area contributed by atoms with Gasteiger partial charge in [0.15, 0.2) is 0 Å². The molecule has 0 spiro atoms. The number of benzene rings is 1. The first-order valence-corrected chi connectivity index (χ1v) is 6.03. The Morgan fingerprint density at radius 3 is 2.44 bits per heavy atom. The highest BCUT2D eigenvalue weighted by Gasteiger charge is 2.13. The molecular weight excluding hydrogens is 218 g/mol. The van der Waals surface area contributed by atoms with Crippen molar-refractivity contribution in [3.05, 3.63) is 51.5 Å². The van der Waals surface area contributed by atoms with Gasteiger partial charge in [-0.3, -0.25) is 0 Å². The molecule has 2 aromatic rings. The van der Waals surface area contributed by atoms with E-state index in [4.69, 9.17) is 0 Å². The smallest absolute Gasteiger partial charge is 0.115 e. The van der Waals surface area contributed by atoms with E-state index in [1.54, 1.807) is 0 Å². The van der Waals surface area contributed by atoms with Crippen LogP contribution in [0.2, 0.25) is 0 Å². The number of rotatable bonds is 2. The second-order valence-corrected chi connectivity index (χ2v) is 4.95. The lowest BCUT2D eigenvalue weighted by Crippen LogP contribution is -1.98. The van der Waals surface area contributed by atoms with Gasteiger partial charge in [0, 0.05) is 0 Å². The number of aliphatic hydroxyl groups excluding tert-OH is 1. The molecule has 1 aromatic heterocycles. The van der Waals surface area contributed by atoms with Gasteiger partial charge in [0.25, 0.3) is 0 Å². The normalized spacial score (nSPS) is 12.8. The van der Waals surface area contributed by atoms with E-state index in [2.05, 4.69) is 18.2 Å². The molecule has 1 atom stereocenters. The Bertz CT molecular complexity index is 504. The average Bonchev–Trinajstić information content (AvgIpc) is 2.68. The quantitative estimate of drug-likeness (QED) is 0.864. The standard InChI is InChI=1S/C13H15NOS/c1-8-4-5-11(6-9(8)2)13(15)12-7-10(3)14-16-12/h4-7,13,15H,1-3H3/t13-/m1/s1. The third kappa shape index (κ3) is 2.15. The summed E-state index contributed by atoms with van der Waals surface area (Å²) in [6.45, 7) is 6.07. The lowest BCUT2D eigenvalue weighted by molar-refractivity contribution is 0.224. The first kappa shape index (κ1) is 11.3. The van der Waals surface area contributed by atoms with E-state index in [9.17, 15) is 5.11 Å². The first-order valence-electron chi connectivity index (χ1n) is 5.26. The maximum Gasteiger partial charge on any atom is 0.115 e. The number of nitrogens with zero attached hydrogens (tertiary/aromatic N) is 1. The van der Waals surface area contributed by atoms with Crippen molar-refractivity contribution >= 4 is 11.5 Å². The largest absolute Gasteiger partial charge is 0.383 e. The molecule has 0 radical (unpaired) electrons. The van der Waals surface area contributed by atoms with E-state index in [1.165, 1.54) is 22.7 Å². The zero-order valence-electron chi connectivity index (χ0n) is 9.69. The third-order valence-corrected chi connectivity index (χ3v) is 3.69. The highest BCUT2D eigenvalue weighted by Crippen LogP contribution is 2.26. The van der Waals surface area contributed by atoms with E-state index < -0.39 is 6.10 Å². The van der Waals surface area contributed by atoms with Crippen LogP contribution in [0.15, 0.2) is 24.3 Å². The van der Waals surface area contributed by atoms with E-state index in [1.807, 2.05) is 31.2 Å². The Balaban J connectivity index is 2.33. The summed E-state index contributed by atoms with van der Waals surface area (Å²) in [6, 6.07) is 7.99. The number of hydrogen-bond donors (Lipinski definition) is 1. The molecule has 0 amide bonds. The van der Waals surface area contributed by atoms with Gasteiger partial charge in [-0.25, -0.2) is 0 Å². The Kier molecular flexibility index (Phi) is 3.08. The fourth-order valence-electron chi connectivity index (χ4n) is 1.61. The molecular formula is C13H15NOS. The molecule has 0 fully saturated rings. The van der Waals surface area contributed by atoms with Crippen LogP contribution in [-0.2, 0) is 0 Å². The summed E-state index contributed by atoms with van der Waals surface area (Å²) in [5, 5.41) is 10.2. The predicted molar refractivity (Wildman–Crippen MR) is 66.8 cm³/mol. The van der Waals surface area contributed by atoms with Gasteiger partial charge in [-0.1, -0.05) is 18.2 Å². The summed E-state index contributed by atoms with van der Waals surface area (Å²) < 4.78 is 4.18. The molecule has 1 aromatic carbocycles. The fourth-order valence-corrected chi connectivity index (χ4v) is 2.37. The second-order valence-electron chi connectivity index (χ2n) is 4.12. The zero-order valence-corrected chi connectivity index (χ0v) is 10.5. The van der Waals surface area contributed by atoms with Gasteiger partial charge in [0.1, 0.15) is 6.10 Å². The number of aliphatic hydroxyl groups is 1. The van der Waals surface area contributed by atoms with Crippen LogP contribution in [0.1, 0.15) is 33.4 Å². The topological polar surface area (TPSA) is 33.1 Å². The van der Waals surface area contributed by atoms with Gasteiger partial charge in [0.2, 0.25) is 0 Å². The molecule has 0 aliphatic carbocycles. The molecule has 3 heteroatoms. The van der Waals surface area contributed by atoms with Crippen molar-refractivity contribution in [2.75, 3.05) is 0 Å². The van der Waals surface area contributed by atoms with Gasteiger partial charge in [0.05, 0.1) is 10.6 Å². The van der Waals surface area contributed by atoms with Crippen molar-refractivity contribution in [2.45, 2.75) is 26.9 Å². The minimum Gasteiger partial charge on any atom is -0.383 e. The number of aromatic nitrogens is 1. The van der Waals surface area contributed by atoms with E-state index in [0.717, 1.165) is 16.1 Å². The summed E-state index contributed by atoms with van der Waals surface area (Å²) in [5.74, 6) is 0. The molecule has 0 aliphatic rings. The van der Waals surface area contributed by atoms with Crippen molar-refractivity contribution in [3.63, 3.8) is 0 Å². The first-order chi connectivity index (χ1) is 7.58. The van der Waals surface area contributed by atoms with Crippen molar-refractivity contribution in [1.29, 1.82) is 0 Å². The van der Waals surface area contributed by atoms with E-state index >= 15 is 0 Å². The van der Waals surface area contributed by atoms with Gasteiger partial charge in [-0.05, 0) is 55.1 Å². The summed E-state index contributed by atoms with van der Waals surface area (Å²) in [7, 11) is 0. The average molecular weight is 233 g/mol. The van der Waals surface area contributed by atoms with Crippen LogP contribution in [0.4, 0.5) is 0 Å². The van der Waals surface area contributed by atoms with Crippen molar-refractivity contribution in [2.24, 2.45) is 0 Å². The zero-order chi connectivity index (χ0) is 11.7. The molecule has 0 saturated heterocycles. The summed E-state index contributed by atoms with van der Waals surface area (Å²) in [6.07, 6.45) is -0.550. The number of aryl methyl sites for hydroxylation is 3. The molecule has 0 unspecified atom stereocenters.